The number of aromatic nitrogens is 1. The Morgan fingerprint density at radius 2 is 1.95 bits per heavy atom. The molecule has 3 rings (SSSR count). The number of aryl methyl sites for hydroxylation is 1. The Morgan fingerprint density at radius 3 is 2.71 bits per heavy atom. The summed E-state index contributed by atoms with van der Waals surface area (Å²) in [6.45, 7) is 1.86. The normalized spacial score (nSPS) is 12.5. The largest absolute Gasteiger partial charge is 0.271 e. The van der Waals surface area contributed by atoms with Gasteiger partial charge in [-0.25, -0.2) is 9.82 Å². The summed E-state index contributed by atoms with van der Waals surface area (Å²) < 4.78 is 13.7. The van der Waals surface area contributed by atoms with Gasteiger partial charge in [-0.3, -0.25) is 10.8 Å². The van der Waals surface area contributed by atoms with Crippen LogP contribution in [-0.2, 0) is 0 Å². The van der Waals surface area contributed by atoms with E-state index in [9.17, 15) is 4.39 Å². The quantitative estimate of drug-likeness (QED) is 0.572. The molecule has 1 heterocycles. The molecule has 21 heavy (non-hydrogen) atoms. The highest BCUT2D eigenvalue weighted by Crippen LogP contribution is 2.28. The number of hydrogen-bond acceptors (Lipinski definition) is 3. The van der Waals surface area contributed by atoms with E-state index < -0.39 is 0 Å². The predicted octanol–water partition coefficient (Wildman–Crippen LogP) is 3.24. The van der Waals surface area contributed by atoms with Crippen molar-refractivity contribution in [3.8, 4) is 0 Å². The number of halogens is 1. The topological polar surface area (TPSA) is 50.9 Å². The summed E-state index contributed by atoms with van der Waals surface area (Å²) in [5, 5.41) is 1.03. The maximum absolute atomic E-state index is 13.7. The summed E-state index contributed by atoms with van der Waals surface area (Å²) in [7, 11) is 0. The minimum atomic E-state index is -0.307. The Labute approximate surface area is 122 Å². The second kappa shape index (κ2) is 5.60. The van der Waals surface area contributed by atoms with E-state index in [1.54, 1.807) is 6.20 Å². The lowest BCUT2D eigenvalue weighted by Crippen LogP contribution is -2.29. The van der Waals surface area contributed by atoms with E-state index in [1.165, 1.54) is 12.1 Å². The monoisotopic (exact) mass is 281 g/mol. The summed E-state index contributed by atoms with van der Waals surface area (Å²) in [5.41, 5.74) is 6.22. The van der Waals surface area contributed by atoms with Crippen molar-refractivity contribution in [1.82, 2.24) is 10.4 Å². The molecule has 3 nitrogen and oxygen atoms in total. The van der Waals surface area contributed by atoms with Crippen molar-refractivity contribution in [2.45, 2.75) is 13.0 Å². The third kappa shape index (κ3) is 2.63. The highest BCUT2D eigenvalue weighted by atomic mass is 19.1. The van der Waals surface area contributed by atoms with Crippen molar-refractivity contribution >= 4 is 10.9 Å². The average molecular weight is 281 g/mol. The van der Waals surface area contributed by atoms with E-state index in [1.807, 2.05) is 43.3 Å². The molecule has 0 aliphatic heterocycles. The van der Waals surface area contributed by atoms with Crippen molar-refractivity contribution in [1.29, 1.82) is 0 Å². The molecule has 4 heteroatoms. The molecule has 1 unspecified atom stereocenters. The second-order valence-electron chi connectivity index (χ2n) is 5.08. The summed E-state index contributed by atoms with van der Waals surface area (Å²) in [6, 6.07) is 14.4. The van der Waals surface area contributed by atoms with Crippen molar-refractivity contribution < 1.29 is 4.39 Å². The highest BCUT2D eigenvalue weighted by Gasteiger charge is 2.16. The number of fused-ring (bicyclic) bond motifs is 1. The molecule has 3 aromatic rings. The van der Waals surface area contributed by atoms with Crippen LogP contribution in [0.5, 0.6) is 0 Å². The van der Waals surface area contributed by atoms with Gasteiger partial charge in [0.25, 0.3) is 0 Å². The molecule has 0 saturated heterocycles. The molecule has 0 bridgehead atoms. The summed E-state index contributed by atoms with van der Waals surface area (Å²) in [4.78, 5) is 4.43. The summed E-state index contributed by atoms with van der Waals surface area (Å²) in [6.07, 6.45) is 1.75. The molecule has 0 fully saturated rings. The van der Waals surface area contributed by atoms with Crippen molar-refractivity contribution in [3.63, 3.8) is 0 Å². The molecule has 0 spiro atoms. The zero-order valence-corrected chi connectivity index (χ0v) is 11.7. The van der Waals surface area contributed by atoms with Crippen molar-refractivity contribution in [2.24, 2.45) is 5.84 Å². The van der Waals surface area contributed by atoms with Gasteiger partial charge in [0.15, 0.2) is 0 Å². The molecular formula is C17H16FN3. The van der Waals surface area contributed by atoms with Crippen LogP contribution in [0.4, 0.5) is 4.39 Å². The Balaban J connectivity index is 2.18. The number of benzene rings is 2. The molecule has 0 saturated carbocycles. The number of hydrogen-bond donors (Lipinski definition) is 2. The van der Waals surface area contributed by atoms with E-state index in [-0.39, 0.29) is 11.9 Å². The summed E-state index contributed by atoms with van der Waals surface area (Å²) >= 11 is 0. The standard InChI is InChI=1S/C17H16FN3/c1-11-8-13(10-14(18)9-11)17(21-19)15-6-2-4-12-5-3-7-20-16(12)15/h2-10,17,21H,19H2,1H3. The van der Waals surface area contributed by atoms with Crippen LogP contribution < -0.4 is 11.3 Å². The van der Waals surface area contributed by atoms with Gasteiger partial charge in [-0.1, -0.05) is 30.3 Å². The lowest BCUT2D eigenvalue weighted by molar-refractivity contribution is 0.605. The van der Waals surface area contributed by atoms with Crippen molar-refractivity contribution in [3.05, 3.63) is 77.2 Å². The van der Waals surface area contributed by atoms with Crippen LogP contribution in [-0.4, -0.2) is 4.98 Å². The van der Waals surface area contributed by atoms with Crippen LogP contribution in [0.2, 0.25) is 0 Å². The van der Waals surface area contributed by atoms with Crippen LogP contribution >= 0.6 is 0 Å². The first kappa shape index (κ1) is 13.7. The van der Waals surface area contributed by atoms with Crippen LogP contribution in [0, 0.1) is 12.7 Å². The molecule has 0 aliphatic rings. The maximum atomic E-state index is 13.7. The Kier molecular flexibility index (Phi) is 3.64. The first-order valence-electron chi connectivity index (χ1n) is 6.76. The van der Waals surface area contributed by atoms with Gasteiger partial charge in [0.05, 0.1) is 11.6 Å². The van der Waals surface area contributed by atoms with Gasteiger partial charge in [-0.2, -0.15) is 0 Å². The fourth-order valence-electron chi connectivity index (χ4n) is 2.66. The Morgan fingerprint density at radius 1 is 1.14 bits per heavy atom. The summed E-state index contributed by atoms with van der Waals surface area (Å²) in [5.74, 6) is 5.46. The van der Waals surface area contributed by atoms with Crippen LogP contribution in [0.15, 0.2) is 54.7 Å². The van der Waals surface area contributed by atoms with Gasteiger partial charge in [0.2, 0.25) is 0 Å². The van der Waals surface area contributed by atoms with E-state index in [2.05, 4.69) is 10.4 Å². The fraction of sp³-hybridized carbons (Fsp3) is 0.118. The molecule has 2 aromatic carbocycles. The molecule has 1 aromatic heterocycles. The van der Waals surface area contributed by atoms with Crippen LogP contribution in [0.25, 0.3) is 10.9 Å². The molecular weight excluding hydrogens is 265 g/mol. The molecule has 106 valence electrons. The van der Waals surface area contributed by atoms with Gasteiger partial charge in [-0.05, 0) is 36.2 Å². The van der Waals surface area contributed by atoms with E-state index >= 15 is 0 Å². The average Bonchev–Trinajstić information content (AvgIpc) is 2.47. The number of nitrogens with one attached hydrogen (secondary N) is 1. The third-order valence-electron chi connectivity index (χ3n) is 3.54. The zero-order chi connectivity index (χ0) is 14.8. The number of rotatable bonds is 3. The second-order valence-corrected chi connectivity index (χ2v) is 5.08. The van der Waals surface area contributed by atoms with Crippen LogP contribution in [0.3, 0.4) is 0 Å². The minimum Gasteiger partial charge on any atom is -0.271 e. The fourth-order valence-corrected chi connectivity index (χ4v) is 2.66. The van der Waals surface area contributed by atoms with Gasteiger partial charge in [0.1, 0.15) is 5.82 Å². The zero-order valence-electron chi connectivity index (χ0n) is 11.7. The first-order valence-corrected chi connectivity index (χ1v) is 6.76. The maximum Gasteiger partial charge on any atom is 0.123 e. The van der Waals surface area contributed by atoms with Gasteiger partial charge in [0, 0.05) is 17.1 Å². The third-order valence-corrected chi connectivity index (χ3v) is 3.54. The molecule has 3 N–H and O–H groups in total. The molecule has 0 amide bonds. The van der Waals surface area contributed by atoms with Gasteiger partial charge < -0.3 is 0 Å². The number of nitrogens with two attached hydrogens (primary N) is 1. The van der Waals surface area contributed by atoms with E-state index in [0.29, 0.717) is 0 Å². The van der Waals surface area contributed by atoms with E-state index in [0.717, 1.165) is 27.6 Å². The van der Waals surface area contributed by atoms with E-state index in [4.69, 9.17) is 5.84 Å². The molecule has 0 radical (unpaired) electrons. The van der Waals surface area contributed by atoms with Crippen LogP contribution in [0.1, 0.15) is 22.7 Å². The van der Waals surface area contributed by atoms with Crippen molar-refractivity contribution in [2.75, 3.05) is 0 Å². The Hall–Kier alpha value is -2.30. The van der Waals surface area contributed by atoms with Gasteiger partial charge >= 0.3 is 0 Å². The van der Waals surface area contributed by atoms with Gasteiger partial charge in [-0.15, -0.1) is 0 Å². The SMILES string of the molecule is Cc1cc(F)cc(C(NN)c2cccc3cccnc23)c1. The lowest BCUT2D eigenvalue weighted by atomic mass is 9.95. The molecule has 0 aliphatic carbocycles. The lowest BCUT2D eigenvalue weighted by Gasteiger charge is -2.19. The minimum absolute atomic E-state index is 0.265. The number of para-hydroxylation sites is 1. The molecule has 1 atom stereocenters. The first-order chi connectivity index (χ1) is 10.2. The number of hydrazine groups is 1. The predicted molar refractivity (Wildman–Crippen MR) is 82.0 cm³/mol. The Bertz CT molecular complexity index is 760. The number of pyridine rings is 1. The highest BCUT2D eigenvalue weighted by molar-refractivity contribution is 5.82. The smallest absolute Gasteiger partial charge is 0.123 e. The number of nitrogens with zero attached hydrogens (tertiary/aromatic N) is 1.